The van der Waals surface area contributed by atoms with Gasteiger partial charge in [0.05, 0.1) is 12.7 Å². The van der Waals surface area contributed by atoms with Crippen LogP contribution in [0.4, 0.5) is 5.13 Å². The summed E-state index contributed by atoms with van der Waals surface area (Å²) < 4.78 is 10.9. The lowest BCUT2D eigenvalue weighted by Gasteiger charge is -2.14. The monoisotopic (exact) mass is 449 g/mol. The van der Waals surface area contributed by atoms with Gasteiger partial charge in [0.2, 0.25) is 5.13 Å². The lowest BCUT2D eigenvalue weighted by Crippen LogP contribution is -2.14. The van der Waals surface area contributed by atoms with E-state index in [2.05, 4.69) is 25.5 Å². The van der Waals surface area contributed by atoms with E-state index in [1.807, 2.05) is 30.3 Å². The molecule has 1 amide bonds. The molecule has 3 heterocycles. The Hall–Kier alpha value is -3.89. The number of anilines is 1. The number of carbonyl (C=O) groups is 1. The number of nitrogens with zero attached hydrogens (tertiary/aromatic N) is 4. The second-order valence-electron chi connectivity index (χ2n) is 6.57. The van der Waals surface area contributed by atoms with Gasteiger partial charge >= 0.3 is 0 Å². The van der Waals surface area contributed by atoms with E-state index in [-0.39, 0.29) is 23.8 Å². The largest absolute Gasteiger partial charge is 0.491 e. The highest BCUT2D eigenvalue weighted by molar-refractivity contribution is 7.18. The van der Waals surface area contributed by atoms with E-state index < -0.39 is 12.0 Å². The average Bonchev–Trinajstić information content (AvgIpc) is 3.32. The lowest BCUT2D eigenvalue weighted by molar-refractivity contribution is 0.101. The van der Waals surface area contributed by atoms with Crippen LogP contribution in [0.3, 0.4) is 0 Å². The number of amides is 1. The average molecular weight is 449 g/mol. The molecule has 0 aliphatic carbocycles. The summed E-state index contributed by atoms with van der Waals surface area (Å²) in [6, 6.07) is 14.3. The molecule has 0 saturated heterocycles. The summed E-state index contributed by atoms with van der Waals surface area (Å²) >= 11 is 1.25. The molecule has 0 spiro atoms. The standard InChI is InChI=1S/C22H19N5O4S/c1-30-18-11-16(12-24-20(18)31-13-17(28)14-5-3-2-4-6-14)19(29)25-22-27-26-21(32-22)15-7-9-23-10-8-15/h2-12,17,28H,13H2,1H3,(H,25,27,29). The molecule has 0 aliphatic heterocycles. The predicted molar refractivity (Wildman–Crippen MR) is 119 cm³/mol. The third kappa shape index (κ3) is 5.05. The van der Waals surface area contributed by atoms with Gasteiger partial charge in [-0.05, 0) is 17.7 Å². The SMILES string of the molecule is COc1cc(C(=O)Nc2nnc(-c3ccncc3)s2)cnc1OCC(O)c1ccccc1. The molecule has 0 bridgehead atoms. The second kappa shape index (κ2) is 9.94. The van der Waals surface area contributed by atoms with Gasteiger partial charge in [-0.1, -0.05) is 41.7 Å². The number of benzene rings is 1. The summed E-state index contributed by atoms with van der Waals surface area (Å²) in [4.78, 5) is 20.8. The molecular weight excluding hydrogens is 430 g/mol. The van der Waals surface area contributed by atoms with Gasteiger partial charge < -0.3 is 14.6 Å². The first kappa shape index (κ1) is 21.3. The molecule has 0 aliphatic rings. The number of aromatic nitrogens is 4. The molecule has 3 aromatic heterocycles. The van der Waals surface area contributed by atoms with Crippen LogP contribution in [0.1, 0.15) is 22.0 Å². The first-order valence-corrected chi connectivity index (χ1v) is 10.4. The summed E-state index contributed by atoms with van der Waals surface area (Å²) in [6.07, 6.45) is 3.87. The Bertz CT molecular complexity index is 1190. The second-order valence-corrected chi connectivity index (χ2v) is 7.55. The zero-order valence-electron chi connectivity index (χ0n) is 17.0. The van der Waals surface area contributed by atoms with Crippen LogP contribution in [0, 0.1) is 0 Å². The van der Waals surface area contributed by atoms with Gasteiger partial charge in [-0.3, -0.25) is 15.1 Å². The van der Waals surface area contributed by atoms with E-state index in [0.29, 0.717) is 10.1 Å². The number of pyridine rings is 2. The Morgan fingerprint density at radius 3 is 2.69 bits per heavy atom. The minimum atomic E-state index is -0.822. The number of carbonyl (C=O) groups excluding carboxylic acids is 1. The molecule has 0 fully saturated rings. The summed E-state index contributed by atoms with van der Waals surface area (Å²) in [7, 11) is 1.45. The molecule has 2 N–H and O–H groups in total. The van der Waals surface area contributed by atoms with Crippen molar-refractivity contribution in [2.24, 2.45) is 0 Å². The highest BCUT2D eigenvalue weighted by atomic mass is 32.1. The summed E-state index contributed by atoms with van der Waals surface area (Å²) in [5, 5.41) is 22.1. The van der Waals surface area contributed by atoms with E-state index in [1.165, 1.54) is 30.7 Å². The van der Waals surface area contributed by atoms with E-state index >= 15 is 0 Å². The third-order valence-electron chi connectivity index (χ3n) is 4.44. The molecule has 1 unspecified atom stereocenters. The van der Waals surface area contributed by atoms with Crippen LogP contribution in [0.2, 0.25) is 0 Å². The molecule has 1 atom stereocenters. The van der Waals surface area contributed by atoms with Gasteiger partial charge in [-0.2, -0.15) is 0 Å². The Kier molecular flexibility index (Phi) is 6.63. The van der Waals surface area contributed by atoms with Crippen molar-refractivity contribution >= 4 is 22.4 Å². The molecule has 0 saturated carbocycles. The normalized spacial score (nSPS) is 11.6. The molecule has 32 heavy (non-hydrogen) atoms. The van der Waals surface area contributed by atoms with Crippen LogP contribution in [-0.4, -0.2) is 44.9 Å². The van der Waals surface area contributed by atoms with Gasteiger partial charge in [0.1, 0.15) is 17.7 Å². The number of nitrogens with one attached hydrogen (secondary N) is 1. The van der Waals surface area contributed by atoms with Crippen molar-refractivity contribution in [2.75, 3.05) is 19.0 Å². The minimum absolute atomic E-state index is 0.0124. The van der Waals surface area contributed by atoms with Crippen molar-refractivity contribution in [2.45, 2.75) is 6.10 Å². The van der Waals surface area contributed by atoms with Crippen LogP contribution < -0.4 is 14.8 Å². The molecular formula is C22H19N5O4S. The number of aliphatic hydroxyl groups is 1. The molecule has 10 heteroatoms. The van der Waals surface area contributed by atoms with Gasteiger partial charge in [0.15, 0.2) is 5.75 Å². The fourth-order valence-corrected chi connectivity index (χ4v) is 3.54. The van der Waals surface area contributed by atoms with E-state index in [1.54, 1.807) is 24.5 Å². The van der Waals surface area contributed by atoms with Crippen molar-refractivity contribution in [3.8, 4) is 22.2 Å². The van der Waals surface area contributed by atoms with Crippen molar-refractivity contribution < 1.29 is 19.4 Å². The smallest absolute Gasteiger partial charge is 0.259 e. The van der Waals surface area contributed by atoms with Crippen LogP contribution in [0.15, 0.2) is 67.1 Å². The Morgan fingerprint density at radius 2 is 1.94 bits per heavy atom. The van der Waals surface area contributed by atoms with E-state index in [4.69, 9.17) is 9.47 Å². The Labute approximate surface area is 187 Å². The molecule has 4 rings (SSSR count). The highest BCUT2D eigenvalue weighted by Crippen LogP contribution is 2.28. The Balaban J connectivity index is 1.42. The first-order chi connectivity index (χ1) is 15.6. The van der Waals surface area contributed by atoms with Crippen molar-refractivity contribution in [1.29, 1.82) is 0 Å². The first-order valence-electron chi connectivity index (χ1n) is 9.59. The van der Waals surface area contributed by atoms with Gasteiger partial charge in [-0.25, -0.2) is 4.98 Å². The fourth-order valence-electron chi connectivity index (χ4n) is 2.79. The van der Waals surface area contributed by atoms with Gasteiger partial charge in [-0.15, -0.1) is 10.2 Å². The quantitative estimate of drug-likeness (QED) is 0.420. The summed E-state index contributed by atoms with van der Waals surface area (Å²) in [5.74, 6) is 0.0340. The van der Waals surface area contributed by atoms with Crippen LogP contribution in [-0.2, 0) is 0 Å². The third-order valence-corrected chi connectivity index (χ3v) is 5.32. The minimum Gasteiger partial charge on any atom is -0.491 e. The molecule has 4 aromatic rings. The fraction of sp³-hybridized carbons (Fsp3) is 0.136. The molecule has 9 nitrogen and oxygen atoms in total. The van der Waals surface area contributed by atoms with Crippen LogP contribution in [0.5, 0.6) is 11.6 Å². The van der Waals surface area contributed by atoms with Gasteiger partial charge in [0.25, 0.3) is 11.8 Å². The molecule has 0 radical (unpaired) electrons. The molecule has 1 aromatic carbocycles. The maximum Gasteiger partial charge on any atom is 0.259 e. The maximum atomic E-state index is 12.6. The van der Waals surface area contributed by atoms with Crippen LogP contribution in [0.25, 0.3) is 10.6 Å². The Morgan fingerprint density at radius 1 is 1.16 bits per heavy atom. The number of aliphatic hydroxyl groups excluding tert-OH is 1. The lowest BCUT2D eigenvalue weighted by atomic mass is 10.1. The number of ether oxygens (including phenoxy) is 2. The van der Waals surface area contributed by atoms with Gasteiger partial charge in [0, 0.05) is 30.2 Å². The number of hydrogen-bond acceptors (Lipinski definition) is 9. The predicted octanol–water partition coefficient (Wildman–Crippen LogP) is 3.37. The zero-order chi connectivity index (χ0) is 22.3. The summed E-state index contributed by atoms with van der Waals surface area (Å²) in [6.45, 7) is -0.0124. The van der Waals surface area contributed by atoms with Crippen molar-refractivity contribution in [1.82, 2.24) is 20.2 Å². The van der Waals surface area contributed by atoms with Crippen molar-refractivity contribution in [3.63, 3.8) is 0 Å². The maximum absolute atomic E-state index is 12.6. The number of methoxy groups -OCH3 is 1. The van der Waals surface area contributed by atoms with E-state index in [9.17, 15) is 9.90 Å². The van der Waals surface area contributed by atoms with Crippen LogP contribution >= 0.6 is 11.3 Å². The highest BCUT2D eigenvalue weighted by Gasteiger charge is 2.16. The number of hydrogen-bond donors (Lipinski definition) is 2. The molecule has 162 valence electrons. The number of rotatable bonds is 8. The van der Waals surface area contributed by atoms with E-state index in [0.717, 1.165) is 11.1 Å². The topological polar surface area (TPSA) is 119 Å². The zero-order valence-corrected chi connectivity index (χ0v) is 17.8. The summed E-state index contributed by atoms with van der Waals surface area (Å²) in [5.41, 5.74) is 1.85. The van der Waals surface area contributed by atoms with Crippen molar-refractivity contribution in [3.05, 3.63) is 78.2 Å².